The van der Waals surface area contributed by atoms with E-state index < -0.39 is 17.5 Å². The molecule has 1 amide bonds. The molecular formula is C22H37ClF3N3O. The molecule has 0 bridgehead atoms. The lowest BCUT2D eigenvalue weighted by atomic mass is 9.79. The van der Waals surface area contributed by atoms with Crippen molar-refractivity contribution in [2.75, 3.05) is 39.8 Å². The number of carbonyl (C=O) groups is 1. The second kappa shape index (κ2) is 10.9. The molecule has 1 aliphatic heterocycles. The van der Waals surface area contributed by atoms with Gasteiger partial charge < -0.3 is 10.2 Å². The van der Waals surface area contributed by atoms with E-state index in [-0.39, 0.29) is 30.7 Å². The van der Waals surface area contributed by atoms with Crippen molar-refractivity contribution in [3.8, 4) is 0 Å². The van der Waals surface area contributed by atoms with Crippen LogP contribution in [0.2, 0.25) is 0 Å². The topological polar surface area (TPSA) is 35.6 Å². The van der Waals surface area contributed by atoms with Crippen LogP contribution in [0.3, 0.4) is 0 Å². The van der Waals surface area contributed by atoms with E-state index in [1.54, 1.807) is 4.90 Å². The molecule has 3 fully saturated rings. The number of alkyl halides is 4. The van der Waals surface area contributed by atoms with Gasteiger partial charge in [0.05, 0.1) is 12.0 Å². The predicted molar refractivity (Wildman–Crippen MR) is 114 cm³/mol. The van der Waals surface area contributed by atoms with Gasteiger partial charge in [0.25, 0.3) is 0 Å². The van der Waals surface area contributed by atoms with Gasteiger partial charge in [0.15, 0.2) is 0 Å². The first-order chi connectivity index (χ1) is 14.3. The lowest BCUT2D eigenvalue weighted by molar-refractivity contribution is -0.185. The largest absolute Gasteiger partial charge is 0.391 e. The number of hydrogen-bond donors (Lipinski definition) is 1. The van der Waals surface area contributed by atoms with Gasteiger partial charge in [0.2, 0.25) is 5.91 Å². The summed E-state index contributed by atoms with van der Waals surface area (Å²) in [5.41, 5.74) is 0. The highest BCUT2D eigenvalue weighted by Crippen LogP contribution is 2.42. The van der Waals surface area contributed by atoms with Crippen molar-refractivity contribution in [1.29, 1.82) is 0 Å². The standard InChI is InChI=1S/C22H37ClF3N3O/c1-28(10-7-16-13-18(22(24,25)26)15-19(23)14-16)21(30)20(17-5-3-2-4-6-17)29-11-8-27-9-12-29/h16-20,27H,2-15H2,1H3. The van der Waals surface area contributed by atoms with Crippen LogP contribution in [0.15, 0.2) is 0 Å². The van der Waals surface area contributed by atoms with Crippen LogP contribution in [0.1, 0.15) is 57.8 Å². The normalized spacial score (nSPS) is 30.8. The Hall–Kier alpha value is -0.530. The minimum Gasteiger partial charge on any atom is -0.344 e. The van der Waals surface area contributed by atoms with Crippen molar-refractivity contribution in [2.45, 2.75) is 75.4 Å². The van der Waals surface area contributed by atoms with Crippen LogP contribution >= 0.6 is 11.6 Å². The fourth-order valence-electron chi connectivity index (χ4n) is 5.64. The highest BCUT2D eigenvalue weighted by atomic mass is 35.5. The number of nitrogens with zero attached hydrogens (tertiary/aromatic N) is 2. The third-order valence-electron chi connectivity index (χ3n) is 7.35. The van der Waals surface area contributed by atoms with Crippen LogP contribution < -0.4 is 5.32 Å². The molecule has 0 aromatic heterocycles. The van der Waals surface area contributed by atoms with Gasteiger partial charge in [-0.3, -0.25) is 9.69 Å². The molecule has 2 aliphatic carbocycles. The van der Waals surface area contributed by atoms with Crippen molar-refractivity contribution in [2.24, 2.45) is 17.8 Å². The van der Waals surface area contributed by atoms with E-state index in [2.05, 4.69) is 10.2 Å². The Morgan fingerprint density at radius 1 is 1.13 bits per heavy atom. The van der Waals surface area contributed by atoms with Crippen molar-refractivity contribution < 1.29 is 18.0 Å². The monoisotopic (exact) mass is 451 g/mol. The summed E-state index contributed by atoms with van der Waals surface area (Å²) in [7, 11) is 1.82. The zero-order valence-corrected chi connectivity index (χ0v) is 18.9. The molecule has 4 atom stereocenters. The van der Waals surface area contributed by atoms with Gasteiger partial charge in [-0.05, 0) is 50.4 Å². The molecule has 4 unspecified atom stereocenters. The Kier molecular flexibility index (Phi) is 8.73. The van der Waals surface area contributed by atoms with Crippen LogP contribution in [-0.2, 0) is 4.79 Å². The zero-order chi connectivity index (χ0) is 21.7. The summed E-state index contributed by atoms with van der Waals surface area (Å²) >= 11 is 6.15. The molecule has 3 aliphatic rings. The molecule has 30 heavy (non-hydrogen) atoms. The first-order valence-electron chi connectivity index (χ1n) is 11.7. The Bertz CT molecular complexity index is 532. The molecule has 2 saturated carbocycles. The van der Waals surface area contributed by atoms with Crippen LogP contribution in [0, 0.1) is 17.8 Å². The quantitative estimate of drug-likeness (QED) is 0.612. The van der Waals surface area contributed by atoms with Crippen molar-refractivity contribution in [3.05, 3.63) is 0 Å². The van der Waals surface area contributed by atoms with Gasteiger partial charge in [-0.1, -0.05) is 19.3 Å². The molecular weight excluding hydrogens is 415 g/mol. The SMILES string of the molecule is CN(CCC1CC(Cl)CC(C(F)(F)F)C1)C(=O)C(C1CCCCC1)N1CCNCC1. The van der Waals surface area contributed by atoms with E-state index in [9.17, 15) is 18.0 Å². The fourth-order valence-corrected chi connectivity index (χ4v) is 6.11. The molecule has 0 aromatic carbocycles. The summed E-state index contributed by atoms with van der Waals surface area (Å²) < 4.78 is 39.6. The number of piperazine rings is 1. The van der Waals surface area contributed by atoms with Crippen LogP contribution in [0.4, 0.5) is 13.2 Å². The van der Waals surface area contributed by atoms with Crippen molar-refractivity contribution >= 4 is 17.5 Å². The van der Waals surface area contributed by atoms with Crippen LogP contribution in [0.25, 0.3) is 0 Å². The Labute approximate surface area is 183 Å². The third kappa shape index (κ3) is 6.49. The Balaban J connectivity index is 1.59. The minimum atomic E-state index is -4.18. The summed E-state index contributed by atoms with van der Waals surface area (Å²) in [4.78, 5) is 17.6. The third-order valence-corrected chi connectivity index (χ3v) is 7.71. The highest BCUT2D eigenvalue weighted by Gasteiger charge is 2.44. The summed E-state index contributed by atoms with van der Waals surface area (Å²) in [5, 5.41) is 2.93. The maximum absolute atomic E-state index is 13.5. The Morgan fingerprint density at radius 3 is 2.43 bits per heavy atom. The fraction of sp³-hybridized carbons (Fsp3) is 0.955. The first kappa shape index (κ1) is 24.1. The van der Waals surface area contributed by atoms with Gasteiger partial charge in [-0.15, -0.1) is 11.6 Å². The van der Waals surface area contributed by atoms with E-state index in [1.807, 2.05) is 7.05 Å². The smallest absolute Gasteiger partial charge is 0.344 e. The number of amides is 1. The van der Waals surface area contributed by atoms with Gasteiger partial charge >= 0.3 is 6.18 Å². The molecule has 4 nitrogen and oxygen atoms in total. The predicted octanol–water partition coefficient (Wildman–Crippen LogP) is 4.28. The first-order valence-corrected chi connectivity index (χ1v) is 12.1. The lowest BCUT2D eigenvalue weighted by Crippen LogP contribution is -2.57. The average Bonchev–Trinajstić information content (AvgIpc) is 2.72. The molecule has 1 saturated heterocycles. The van der Waals surface area contributed by atoms with Gasteiger partial charge in [0, 0.05) is 45.1 Å². The number of nitrogens with one attached hydrogen (secondary N) is 1. The molecule has 0 spiro atoms. The lowest BCUT2D eigenvalue weighted by Gasteiger charge is -2.41. The van der Waals surface area contributed by atoms with Crippen LogP contribution in [0.5, 0.6) is 0 Å². The van der Waals surface area contributed by atoms with E-state index in [0.717, 1.165) is 39.0 Å². The summed E-state index contributed by atoms with van der Waals surface area (Å²) in [6, 6.07) is -0.0903. The molecule has 1 N–H and O–H groups in total. The minimum absolute atomic E-state index is 0.0169. The molecule has 174 valence electrons. The maximum atomic E-state index is 13.5. The zero-order valence-electron chi connectivity index (χ0n) is 18.1. The second-order valence-electron chi connectivity index (χ2n) is 9.59. The van der Waals surface area contributed by atoms with Crippen molar-refractivity contribution in [1.82, 2.24) is 15.1 Å². The van der Waals surface area contributed by atoms with Gasteiger partial charge in [0.1, 0.15) is 0 Å². The second-order valence-corrected chi connectivity index (χ2v) is 10.2. The van der Waals surface area contributed by atoms with Gasteiger partial charge in [-0.2, -0.15) is 13.2 Å². The number of carbonyl (C=O) groups excluding carboxylic acids is 1. The summed E-state index contributed by atoms with van der Waals surface area (Å²) in [5.74, 6) is -0.844. The van der Waals surface area contributed by atoms with E-state index in [4.69, 9.17) is 11.6 Å². The number of rotatable bonds is 6. The summed E-state index contributed by atoms with van der Waals surface area (Å²) in [6.07, 6.45) is 2.98. The molecule has 8 heteroatoms. The molecule has 0 aromatic rings. The molecule has 1 heterocycles. The van der Waals surface area contributed by atoms with Crippen LogP contribution in [-0.4, -0.2) is 73.1 Å². The molecule has 0 radical (unpaired) electrons. The Morgan fingerprint density at radius 2 is 1.80 bits per heavy atom. The maximum Gasteiger partial charge on any atom is 0.391 e. The van der Waals surface area contributed by atoms with E-state index >= 15 is 0 Å². The van der Waals surface area contributed by atoms with Crippen molar-refractivity contribution in [3.63, 3.8) is 0 Å². The number of halogens is 4. The number of likely N-dealkylation sites (N-methyl/N-ethyl adjacent to an activating group) is 1. The van der Waals surface area contributed by atoms with E-state index in [1.165, 1.54) is 19.3 Å². The number of hydrogen-bond acceptors (Lipinski definition) is 3. The van der Waals surface area contributed by atoms with E-state index in [0.29, 0.717) is 25.3 Å². The summed E-state index contributed by atoms with van der Waals surface area (Å²) in [6.45, 7) is 4.07. The molecule has 3 rings (SSSR count). The average molecular weight is 452 g/mol. The highest BCUT2D eigenvalue weighted by molar-refractivity contribution is 6.20. The van der Waals surface area contributed by atoms with Gasteiger partial charge in [-0.25, -0.2) is 0 Å².